The standard InChI is InChI=1S/C18H13ClN2O3/c1-12-16(15(10-20)17(24-12)21-7-2-3-8-21)18(22)23-11-13-5-4-6-14(19)9-13/h2-9H,11H2,1H3. The van der Waals surface area contributed by atoms with Gasteiger partial charge in [-0.3, -0.25) is 4.57 Å². The number of halogens is 1. The summed E-state index contributed by atoms with van der Waals surface area (Å²) < 4.78 is 12.5. The maximum Gasteiger partial charge on any atom is 0.343 e. The lowest BCUT2D eigenvalue weighted by atomic mass is 10.1. The Morgan fingerprint density at radius 1 is 1.33 bits per heavy atom. The average molecular weight is 341 g/mol. The topological polar surface area (TPSA) is 68.2 Å². The molecule has 2 heterocycles. The van der Waals surface area contributed by atoms with Crippen molar-refractivity contribution in [2.24, 2.45) is 0 Å². The Hall–Kier alpha value is -2.97. The minimum atomic E-state index is -0.605. The molecule has 3 aromatic rings. The highest BCUT2D eigenvalue weighted by molar-refractivity contribution is 6.30. The zero-order valence-corrected chi connectivity index (χ0v) is 13.6. The van der Waals surface area contributed by atoms with Crippen molar-refractivity contribution in [2.75, 3.05) is 0 Å². The molecule has 0 aliphatic rings. The van der Waals surface area contributed by atoms with Gasteiger partial charge in [-0.25, -0.2) is 4.79 Å². The minimum absolute atomic E-state index is 0.0632. The summed E-state index contributed by atoms with van der Waals surface area (Å²) in [7, 11) is 0. The van der Waals surface area contributed by atoms with Crippen LogP contribution in [0.4, 0.5) is 0 Å². The van der Waals surface area contributed by atoms with E-state index in [4.69, 9.17) is 20.8 Å². The Labute approximate surface area is 143 Å². The largest absolute Gasteiger partial charge is 0.457 e. The molecule has 120 valence electrons. The summed E-state index contributed by atoms with van der Waals surface area (Å²) in [6.45, 7) is 1.69. The van der Waals surface area contributed by atoms with Crippen molar-refractivity contribution in [1.82, 2.24) is 4.57 Å². The highest BCUT2D eigenvalue weighted by atomic mass is 35.5. The lowest BCUT2D eigenvalue weighted by molar-refractivity contribution is 0.0470. The maximum absolute atomic E-state index is 12.4. The first-order valence-electron chi connectivity index (χ1n) is 7.18. The number of rotatable bonds is 4. The number of carbonyl (C=O) groups excluding carboxylic acids is 1. The van der Waals surface area contributed by atoms with Gasteiger partial charge in [-0.1, -0.05) is 23.7 Å². The molecule has 24 heavy (non-hydrogen) atoms. The molecule has 0 unspecified atom stereocenters. The number of hydrogen-bond donors (Lipinski definition) is 0. The predicted octanol–water partition coefficient (Wildman–Crippen LogP) is 4.26. The number of carbonyl (C=O) groups is 1. The van der Waals surface area contributed by atoms with Crippen LogP contribution in [0.1, 0.15) is 27.2 Å². The molecule has 0 N–H and O–H groups in total. The Morgan fingerprint density at radius 3 is 2.75 bits per heavy atom. The van der Waals surface area contributed by atoms with Gasteiger partial charge in [0.05, 0.1) is 0 Å². The fraction of sp³-hybridized carbons (Fsp3) is 0.111. The Kier molecular flexibility index (Phi) is 4.41. The van der Waals surface area contributed by atoms with Gasteiger partial charge in [0.1, 0.15) is 29.6 Å². The molecular formula is C18H13ClN2O3. The zero-order chi connectivity index (χ0) is 17.1. The molecule has 0 aliphatic heterocycles. The summed E-state index contributed by atoms with van der Waals surface area (Å²) >= 11 is 5.91. The second-order valence-electron chi connectivity index (χ2n) is 5.12. The highest BCUT2D eigenvalue weighted by Crippen LogP contribution is 2.26. The highest BCUT2D eigenvalue weighted by Gasteiger charge is 2.25. The number of esters is 1. The van der Waals surface area contributed by atoms with E-state index in [-0.39, 0.29) is 17.7 Å². The van der Waals surface area contributed by atoms with E-state index in [1.807, 2.05) is 6.07 Å². The van der Waals surface area contributed by atoms with E-state index in [1.165, 1.54) is 0 Å². The van der Waals surface area contributed by atoms with Gasteiger partial charge in [0.15, 0.2) is 0 Å². The summed E-state index contributed by atoms with van der Waals surface area (Å²) in [4.78, 5) is 12.4. The number of nitrogens with zero attached hydrogens (tertiary/aromatic N) is 2. The van der Waals surface area contributed by atoms with Crippen molar-refractivity contribution in [3.8, 4) is 12.0 Å². The normalized spacial score (nSPS) is 10.4. The first-order chi connectivity index (χ1) is 11.6. The van der Waals surface area contributed by atoms with Crippen molar-refractivity contribution in [1.29, 1.82) is 5.26 Å². The second kappa shape index (κ2) is 6.65. The van der Waals surface area contributed by atoms with E-state index in [0.29, 0.717) is 16.7 Å². The van der Waals surface area contributed by atoms with Crippen LogP contribution in [-0.2, 0) is 11.3 Å². The van der Waals surface area contributed by atoms with Crippen molar-refractivity contribution in [3.63, 3.8) is 0 Å². The van der Waals surface area contributed by atoms with Gasteiger partial charge in [-0.05, 0) is 36.8 Å². The van der Waals surface area contributed by atoms with Gasteiger partial charge < -0.3 is 9.15 Å². The van der Waals surface area contributed by atoms with Gasteiger partial charge in [-0.2, -0.15) is 5.26 Å². The van der Waals surface area contributed by atoms with Crippen LogP contribution in [0.5, 0.6) is 0 Å². The third-order valence-corrected chi connectivity index (χ3v) is 3.71. The average Bonchev–Trinajstić information content (AvgIpc) is 3.19. The summed E-state index contributed by atoms with van der Waals surface area (Å²) in [6, 6.07) is 12.7. The van der Waals surface area contributed by atoms with Gasteiger partial charge in [-0.15, -0.1) is 0 Å². The van der Waals surface area contributed by atoms with Crippen molar-refractivity contribution >= 4 is 17.6 Å². The van der Waals surface area contributed by atoms with E-state index < -0.39 is 5.97 Å². The SMILES string of the molecule is Cc1oc(-n2cccc2)c(C#N)c1C(=O)OCc1cccc(Cl)c1. The van der Waals surface area contributed by atoms with Crippen LogP contribution < -0.4 is 0 Å². The van der Waals surface area contributed by atoms with E-state index in [9.17, 15) is 10.1 Å². The number of benzene rings is 1. The Bertz CT molecular complexity index is 920. The first kappa shape index (κ1) is 15.9. The number of furan rings is 1. The summed E-state index contributed by atoms with van der Waals surface area (Å²) in [5, 5.41) is 10.00. The monoisotopic (exact) mass is 340 g/mol. The van der Waals surface area contributed by atoms with E-state index in [2.05, 4.69) is 0 Å². The molecule has 0 radical (unpaired) electrons. The molecule has 0 saturated heterocycles. The van der Waals surface area contributed by atoms with Crippen LogP contribution in [0.15, 0.2) is 53.2 Å². The number of nitriles is 1. The third kappa shape index (κ3) is 3.05. The number of ether oxygens (including phenoxy) is 1. The van der Waals surface area contributed by atoms with E-state index in [1.54, 1.807) is 60.3 Å². The third-order valence-electron chi connectivity index (χ3n) is 3.48. The van der Waals surface area contributed by atoms with Gasteiger partial charge in [0.25, 0.3) is 0 Å². The number of hydrogen-bond acceptors (Lipinski definition) is 4. The van der Waals surface area contributed by atoms with E-state index in [0.717, 1.165) is 5.56 Å². The Balaban J connectivity index is 1.86. The van der Waals surface area contributed by atoms with Crippen molar-refractivity contribution < 1.29 is 13.9 Å². The lowest BCUT2D eigenvalue weighted by Crippen LogP contribution is -2.08. The molecule has 0 atom stereocenters. The fourth-order valence-electron chi connectivity index (χ4n) is 2.38. The maximum atomic E-state index is 12.4. The van der Waals surface area contributed by atoms with Crippen LogP contribution in [0, 0.1) is 18.3 Å². The van der Waals surface area contributed by atoms with E-state index >= 15 is 0 Å². The lowest BCUT2D eigenvalue weighted by Gasteiger charge is -2.05. The van der Waals surface area contributed by atoms with Crippen LogP contribution >= 0.6 is 11.6 Å². The fourth-order valence-corrected chi connectivity index (χ4v) is 2.59. The smallest absolute Gasteiger partial charge is 0.343 e. The minimum Gasteiger partial charge on any atom is -0.457 e. The molecule has 0 fully saturated rings. The van der Waals surface area contributed by atoms with Gasteiger partial charge >= 0.3 is 5.97 Å². The molecular weight excluding hydrogens is 328 g/mol. The molecule has 0 spiro atoms. The molecule has 0 bridgehead atoms. The molecule has 0 aliphatic carbocycles. The first-order valence-corrected chi connectivity index (χ1v) is 7.56. The van der Waals surface area contributed by atoms with Crippen molar-refractivity contribution in [3.05, 3.63) is 76.3 Å². The molecule has 2 aromatic heterocycles. The molecule has 0 amide bonds. The molecule has 0 saturated carbocycles. The molecule has 5 nitrogen and oxygen atoms in total. The van der Waals surface area contributed by atoms with Crippen molar-refractivity contribution in [2.45, 2.75) is 13.5 Å². The molecule has 3 rings (SSSR count). The zero-order valence-electron chi connectivity index (χ0n) is 12.8. The van der Waals surface area contributed by atoms with Crippen LogP contribution in [0.25, 0.3) is 5.88 Å². The molecule has 6 heteroatoms. The van der Waals surface area contributed by atoms with Gasteiger partial charge in [0, 0.05) is 17.4 Å². The quantitative estimate of drug-likeness (QED) is 0.665. The number of aryl methyl sites for hydroxylation is 1. The van der Waals surface area contributed by atoms with Crippen LogP contribution in [0.2, 0.25) is 5.02 Å². The van der Waals surface area contributed by atoms with Crippen LogP contribution in [0.3, 0.4) is 0 Å². The summed E-state index contributed by atoms with van der Waals surface area (Å²) in [5.41, 5.74) is 1.06. The van der Waals surface area contributed by atoms with Gasteiger partial charge in [0.2, 0.25) is 5.88 Å². The summed E-state index contributed by atoms with van der Waals surface area (Å²) in [5.74, 6) is 0.0345. The predicted molar refractivity (Wildman–Crippen MR) is 88.1 cm³/mol. The summed E-state index contributed by atoms with van der Waals surface area (Å²) in [6.07, 6.45) is 3.47. The number of aromatic nitrogens is 1. The van der Waals surface area contributed by atoms with Crippen LogP contribution in [-0.4, -0.2) is 10.5 Å². The Morgan fingerprint density at radius 2 is 2.08 bits per heavy atom. The second-order valence-corrected chi connectivity index (χ2v) is 5.56. The molecule has 1 aromatic carbocycles.